The van der Waals surface area contributed by atoms with E-state index in [9.17, 15) is 0 Å². The molecule has 66 valence electrons. The molecule has 1 aromatic carbocycles. The molecular weight excluding hydrogens is 160 g/mol. The third-order valence-corrected chi connectivity index (χ3v) is 1.43. The quantitative estimate of drug-likeness (QED) is 0.503. The van der Waals surface area contributed by atoms with Crippen molar-refractivity contribution in [3.63, 3.8) is 0 Å². The van der Waals surface area contributed by atoms with Crippen LogP contribution in [0.2, 0.25) is 0 Å². The summed E-state index contributed by atoms with van der Waals surface area (Å²) in [4.78, 5) is 0. The largest absolute Gasteiger partial charge is 0.481 e. The summed E-state index contributed by atoms with van der Waals surface area (Å²) in [6.45, 7) is 4.02. The molecule has 13 heavy (non-hydrogen) atoms. The van der Waals surface area contributed by atoms with Crippen LogP contribution in [-0.2, 0) is 0 Å². The van der Waals surface area contributed by atoms with Crippen LogP contribution >= 0.6 is 0 Å². The lowest BCUT2D eigenvalue weighted by atomic mass is 10.3. The van der Waals surface area contributed by atoms with Gasteiger partial charge in [-0.15, -0.1) is 6.58 Å². The van der Waals surface area contributed by atoms with Gasteiger partial charge in [0.15, 0.2) is 0 Å². The molecule has 0 fully saturated rings. The maximum atomic E-state index is 5.34. The molecular formula is C12H12O. The SMILES string of the molecule is C=CCC#CCOc1ccccc1. The fourth-order valence-electron chi connectivity index (χ4n) is 0.832. The predicted molar refractivity (Wildman–Crippen MR) is 54.5 cm³/mol. The van der Waals surface area contributed by atoms with Gasteiger partial charge in [-0.2, -0.15) is 0 Å². The van der Waals surface area contributed by atoms with E-state index in [-0.39, 0.29) is 0 Å². The highest BCUT2D eigenvalue weighted by Crippen LogP contribution is 2.07. The van der Waals surface area contributed by atoms with Crippen LogP contribution in [-0.4, -0.2) is 6.61 Å². The topological polar surface area (TPSA) is 9.23 Å². The molecule has 0 saturated carbocycles. The van der Waals surface area contributed by atoms with Crippen molar-refractivity contribution in [3.8, 4) is 17.6 Å². The van der Waals surface area contributed by atoms with Gasteiger partial charge in [0.1, 0.15) is 12.4 Å². The van der Waals surface area contributed by atoms with Gasteiger partial charge < -0.3 is 4.74 Å². The molecule has 1 aromatic rings. The van der Waals surface area contributed by atoms with Gasteiger partial charge in [-0.1, -0.05) is 36.1 Å². The van der Waals surface area contributed by atoms with Crippen LogP contribution < -0.4 is 4.74 Å². The number of rotatable bonds is 3. The Morgan fingerprint density at radius 2 is 2.00 bits per heavy atom. The molecule has 0 saturated heterocycles. The molecule has 0 atom stereocenters. The van der Waals surface area contributed by atoms with Crippen molar-refractivity contribution in [2.24, 2.45) is 0 Å². The highest BCUT2D eigenvalue weighted by atomic mass is 16.5. The molecule has 1 rings (SSSR count). The first-order valence-corrected chi connectivity index (χ1v) is 4.18. The monoisotopic (exact) mass is 172 g/mol. The van der Waals surface area contributed by atoms with Crippen molar-refractivity contribution in [2.45, 2.75) is 6.42 Å². The standard InChI is InChI=1S/C12H12O/c1-2-3-4-8-11-13-12-9-6-5-7-10-12/h2,5-7,9-10H,1,3,11H2. The minimum absolute atomic E-state index is 0.442. The summed E-state index contributed by atoms with van der Waals surface area (Å²) in [5.41, 5.74) is 0. The smallest absolute Gasteiger partial charge is 0.149 e. The van der Waals surface area contributed by atoms with E-state index in [1.165, 1.54) is 0 Å². The third-order valence-electron chi connectivity index (χ3n) is 1.43. The van der Waals surface area contributed by atoms with Crippen LogP contribution in [0.1, 0.15) is 6.42 Å². The van der Waals surface area contributed by atoms with Gasteiger partial charge in [-0.3, -0.25) is 0 Å². The van der Waals surface area contributed by atoms with Crippen LogP contribution in [0.15, 0.2) is 43.0 Å². The molecule has 0 amide bonds. The zero-order chi connectivity index (χ0) is 9.36. The van der Waals surface area contributed by atoms with Gasteiger partial charge in [-0.25, -0.2) is 0 Å². The lowest BCUT2D eigenvalue weighted by Gasteiger charge is -1.99. The number of para-hydroxylation sites is 1. The third kappa shape index (κ3) is 4.03. The Kier molecular flexibility index (Phi) is 4.27. The van der Waals surface area contributed by atoms with Crippen molar-refractivity contribution in [3.05, 3.63) is 43.0 Å². The highest BCUT2D eigenvalue weighted by Gasteiger charge is 1.85. The molecule has 0 aliphatic rings. The first kappa shape index (κ1) is 9.41. The molecule has 0 unspecified atom stereocenters. The Morgan fingerprint density at radius 1 is 1.23 bits per heavy atom. The van der Waals surface area contributed by atoms with Gasteiger partial charge in [0, 0.05) is 6.42 Å². The average Bonchev–Trinajstić information content (AvgIpc) is 2.19. The van der Waals surface area contributed by atoms with Crippen molar-refractivity contribution in [1.29, 1.82) is 0 Å². The van der Waals surface area contributed by atoms with Crippen molar-refractivity contribution in [1.82, 2.24) is 0 Å². The Hall–Kier alpha value is -1.68. The fourth-order valence-corrected chi connectivity index (χ4v) is 0.832. The summed E-state index contributed by atoms with van der Waals surface area (Å²) in [6.07, 6.45) is 2.49. The second-order valence-corrected chi connectivity index (χ2v) is 2.45. The van der Waals surface area contributed by atoms with Crippen LogP contribution in [0.3, 0.4) is 0 Å². The minimum Gasteiger partial charge on any atom is -0.481 e. The van der Waals surface area contributed by atoms with Gasteiger partial charge in [-0.05, 0) is 12.1 Å². The van der Waals surface area contributed by atoms with E-state index in [1.807, 2.05) is 30.3 Å². The van der Waals surface area contributed by atoms with E-state index in [4.69, 9.17) is 4.74 Å². The van der Waals surface area contributed by atoms with E-state index in [1.54, 1.807) is 6.08 Å². The van der Waals surface area contributed by atoms with Gasteiger partial charge >= 0.3 is 0 Å². The lowest BCUT2D eigenvalue weighted by molar-refractivity contribution is 0.370. The van der Waals surface area contributed by atoms with E-state index in [0.29, 0.717) is 6.61 Å². The molecule has 0 aliphatic carbocycles. The highest BCUT2D eigenvalue weighted by molar-refractivity contribution is 5.21. The van der Waals surface area contributed by atoms with E-state index in [0.717, 1.165) is 12.2 Å². The summed E-state index contributed by atoms with van der Waals surface area (Å²) >= 11 is 0. The van der Waals surface area contributed by atoms with Gasteiger partial charge in [0.2, 0.25) is 0 Å². The molecule has 0 aliphatic heterocycles. The predicted octanol–water partition coefficient (Wildman–Crippen LogP) is 2.64. The van der Waals surface area contributed by atoms with Crippen LogP contribution in [0.25, 0.3) is 0 Å². The Labute approximate surface area is 79.0 Å². The molecule has 0 heterocycles. The second-order valence-electron chi connectivity index (χ2n) is 2.45. The molecule has 0 N–H and O–H groups in total. The Balaban J connectivity index is 2.29. The van der Waals surface area contributed by atoms with Crippen molar-refractivity contribution in [2.75, 3.05) is 6.61 Å². The molecule has 1 nitrogen and oxygen atoms in total. The molecule has 1 heteroatoms. The summed E-state index contributed by atoms with van der Waals surface area (Å²) in [5.74, 6) is 6.66. The van der Waals surface area contributed by atoms with Gasteiger partial charge in [0.25, 0.3) is 0 Å². The number of benzene rings is 1. The maximum Gasteiger partial charge on any atom is 0.149 e. The number of allylic oxidation sites excluding steroid dienone is 1. The molecule has 0 aromatic heterocycles. The zero-order valence-electron chi connectivity index (χ0n) is 7.49. The van der Waals surface area contributed by atoms with Crippen LogP contribution in [0.4, 0.5) is 0 Å². The zero-order valence-corrected chi connectivity index (χ0v) is 7.49. The first-order chi connectivity index (χ1) is 6.43. The maximum absolute atomic E-state index is 5.34. The number of hydrogen-bond acceptors (Lipinski definition) is 1. The molecule has 0 radical (unpaired) electrons. The molecule has 0 spiro atoms. The average molecular weight is 172 g/mol. The van der Waals surface area contributed by atoms with Crippen molar-refractivity contribution >= 4 is 0 Å². The summed E-state index contributed by atoms with van der Waals surface area (Å²) < 4.78 is 5.34. The summed E-state index contributed by atoms with van der Waals surface area (Å²) in [6, 6.07) is 9.65. The second kappa shape index (κ2) is 5.91. The number of ether oxygens (including phenoxy) is 1. The van der Waals surface area contributed by atoms with E-state index >= 15 is 0 Å². The van der Waals surface area contributed by atoms with E-state index in [2.05, 4.69) is 18.4 Å². The van der Waals surface area contributed by atoms with E-state index < -0.39 is 0 Å². The number of hydrogen-bond donors (Lipinski definition) is 0. The molecule has 0 bridgehead atoms. The normalized spacial score (nSPS) is 8.31. The summed E-state index contributed by atoms with van der Waals surface area (Å²) in [5, 5.41) is 0. The Morgan fingerprint density at radius 3 is 2.69 bits per heavy atom. The van der Waals surface area contributed by atoms with Crippen molar-refractivity contribution < 1.29 is 4.74 Å². The Bertz CT molecular complexity index is 303. The minimum atomic E-state index is 0.442. The van der Waals surface area contributed by atoms with Gasteiger partial charge in [0.05, 0.1) is 0 Å². The lowest BCUT2D eigenvalue weighted by Crippen LogP contribution is -1.92. The summed E-state index contributed by atoms with van der Waals surface area (Å²) in [7, 11) is 0. The van der Waals surface area contributed by atoms with Crippen LogP contribution in [0.5, 0.6) is 5.75 Å². The van der Waals surface area contributed by atoms with Crippen LogP contribution in [0, 0.1) is 11.8 Å². The fraction of sp³-hybridized carbons (Fsp3) is 0.167. The first-order valence-electron chi connectivity index (χ1n) is 4.18.